The Morgan fingerprint density at radius 2 is 0.964 bits per heavy atom. The van der Waals surface area contributed by atoms with Crippen LogP contribution in [0.2, 0.25) is 0 Å². The number of allylic oxidation sites excluding steroid dienone is 3. The van der Waals surface area contributed by atoms with Gasteiger partial charge in [0.25, 0.3) is 0 Å². The van der Waals surface area contributed by atoms with Crippen molar-refractivity contribution in [1.82, 2.24) is 0 Å². The van der Waals surface area contributed by atoms with E-state index in [4.69, 9.17) is 18.5 Å². The summed E-state index contributed by atoms with van der Waals surface area (Å²) >= 11 is 0. The van der Waals surface area contributed by atoms with Gasteiger partial charge in [-0.15, -0.1) is 0 Å². The minimum Gasteiger partial charge on any atom is -0.498 e. The molecule has 0 aromatic rings. The molecule has 0 aromatic carbocycles. The fraction of sp³-hybridized carbons (Fsp3) is 0.891. The molecule has 0 bridgehead atoms. The van der Waals surface area contributed by atoms with Gasteiger partial charge in [0.15, 0.2) is 6.10 Å². The minimum absolute atomic E-state index is 0.0433. The normalized spacial score (nSPS) is 13.9. The Bertz CT molecular complexity index is 936. The van der Waals surface area contributed by atoms with Crippen molar-refractivity contribution in [2.24, 2.45) is 0 Å². The molecule has 0 rings (SSSR count). The Morgan fingerprint density at radius 1 is 0.564 bits per heavy atom. The van der Waals surface area contributed by atoms with Crippen LogP contribution in [-0.2, 0) is 27.9 Å². The van der Waals surface area contributed by atoms with Crippen LogP contribution >= 0.6 is 7.82 Å². The molecule has 0 aliphatic rings. The standard InChI is InChI=1S/C46H90NO7P/c1-6-8-10-12-14-16-18-20-22-23-24-26-28-30-32-34-36-38-41-51-43-45(44-53-55(49,50)52-42-40-47(3,4)5)54-46(48)39-37-35-33-31-29-27-25-21-19-17-15-13-11-9-7-2/h29,31,38,41,45H,6-28,30,32-37,39-40,42-44H2,1-5H3/p+1/b31-29+,41-38+/t45-/m1/s1. The van der Waals surface area contributed by atoms with E-state index in [1.165, 1.54) is 154 Å². The van der Waals surface area contributed by atoms with Crippen LogP contribution in [-0.4, -0.2) is 69.0 Å². The van der Waals surface area contributed by atoms with Gasteiger partial charge >= 0.3 is 13.8 Å². The van der Waals surface area contributed by atoms with Crippen LogP contribution in [0.5, 0.6) is 0 Å². The highest BCUT2D eigenvalue weighted by Gasteiger charge is 2.26. The van der Waals surface area contributed by atoms with Gasteiger partial charge in [0.2, 0.25) is 0 Å². The molecule has 9 heteroatoms. The number of likely N-dealkylation sites (N-methyl/N-ethyl adjacent to an activating group) is 1. The van der Waals surface area contributed by atoms with Crippen molar-refractivity contribution in [2.75, 3.05) is 47.5 Å². The Balaban J connectivity index is 4.26. The maximum absolute atomic E-state index is 12.7. The van der Waals surface area contributed by atoms with E-state index < -0.39 is 13.9 Å². The van der Waals surface area contributed by atoms with Crippen LogP contribution in [0.25, 0.3) is 0 Å². The van der Waals surface area contributed by atoms with Crippen molar-refractivity contribution in [3.05, 3.63) is 24.5 Å². The van der Waals surface area contributed by atoms with Gasteiger partial charge in [-0.25, -0.2) is 4.57 Å². The van der Waals surface area contributed by atoms with Crippen molar-refractivity contribution in [2.45, 2.75) is 219 Å². The van der Waals surface area contributed by atoms with E-state index in [1.54, 1.807) is 6.26 Å². The lowest BCUT2D eigenvalue weighted by Gasteiger charge is -2.24. The second-order valence-corrected chi connectivity index (χ2v) is 18.3. The van der Waals surface area contributed by atoms with Crippen molar-refractivity contribution in [3.8, 4) is 0 Å². The first kappa shape index (κ1) is 53.8. The van der Waals surface area contributed by atoms with Crippen LogP contribution in [0.1, 0.15) is 213 Å². The summed E-state index contributed by atoms with van der Waals surface area (Å²) in [5.41, 5.74) is 0. The first-order valence-corrected chi connectivity index (χ1v) is 24.6. The maximum Gasteiger partial charge on any atom is 0.472 e. The van der Waals surface area contributed by atoms with Gasteiger partial charge in [0, 0.05) is 6.42 Å². The number of hydrogen-bond acceptors (Lipinski definition) is 6. The van der Waals surface area contributed by atoms with E-state index in [-0.39, 0.29) is 32.2 Å². The molecule has 1 N–H and O–H groups in total. The van der Waals surface area contributed by atoms with E-state index in [0.717, 1.165) is 38.5 Å². The molecule has 0 fully saturated rings. The first-order valence-electron chi connectivity index (χ1n) is 23.1. The van der Waals surface area contributed by atoms with Gasteiger partial charge in [0.05, 0.1) is 34.0 Å². The molecule has 1 unspecified atom stereocenters. The highest BCUT2D eigenvalue weighted by molar-refractivity contribution is 7.47. The third-order valence-electron chi connectivity index (χ3n) is 10.1. The van der Waals surface area contributed by atoms with Crippen molar-refractivity contribution < 1.29 is 37.3 Å². The Morgan fingerprint density at radius 3 is 1.40 bits per heavy atom. The van der Waals surface area contributed by atoms with Gasteiger partial charge in [-0.2, -0.15) is 0 Å². The fourth-order valence-corrected chi connectivity index (χ4v) is 7.20. The number of esters is 1. The predicted molar refractivity (Wildman–Crippen MR) is 233 cm³/mol. The Hall–Kier alpha value is -1.18. The molecule has 8 nitrogen and oxygen atoms in total. The molecule has 0 saturated carbocycles. The van der Waals surface area contributed by atoms with Crippen molar-refractivity contribution in [1.29, 1.82) is 0 Å². The molecule has 0 aliphatic carbocycles. The quantitative estimate of drug-likeness (QED) is 0.0164. The third kappa shape index (κ3) is 43.8. The largest absolute Gasteiger partial charge is 0.498 e. The van der Waals surface area contributed by atoms with Crippen LogP contribution in [0, 0.1) is 0 Å². The van der Waals surface area contributed by atoms with E-state index in [1.807, 2.05) is 27.2 Å². The summed E-state index contributed by atoms with van der Waals surface area (Å²) in [4.78, 5) is 22.9. The molecule has 55 heavy (non-hydrogen) atoms. The second kappa shape index (κ2) is 39.6. The van der Waals surface area contributed by atoms with Crippen LogP contribution in [0.3, 0.4) is 0 Å². The summed E-state index contributed by atoms with van der Waals surface area (Å²) in [5, 5.41) is 0. The van der Waals surface area contributed by atoms with E-state index in [9.17, 15) is 14.3 Å². The topological polar surface area (TPSA) is 91.3 Å². The number of unbranched alkanes of at least 4 members (excludes halogenated alkanes) is 27. The fourth-order valence-electron chi connectivity index (χ4n) is 6.45. The summed E-state index contributed by atoms with van der Waals surface area (Å²) in [6.07, 6.45) is 46.0. The summed E-state index contributed by atoms with van der Waals surface area (Å²) in [6, 6.07) is 0. The molecule has 0 heterocycles. The van der Waals surface area contributed by atoms with Crippen LogP contribution in [0.4, 0.5) is 0 Å². The zero-order valence-corrected chi connectivity index (χ0v) is 37.8. The number of nitrogens with zero attached hydrogens (tertiary/aromatic N) is 1. The molecule has 326 valence electrons. The summed E-state index contributed by atoms with van der Waals surface area (Å²) in [7, 11) is 1.63. The average molecular weight is 801 g/mol. The van der Waals surface area contributed by atoms with Gasteiger partial charge in [-0.05, 0) is 51.0 Å². The highest BCUT2D eigenvalue weighted by Crippen LogP contribution is 2.43. The molecule has 0 aliphatic heterocycles. The molecule has 2 atom stereocenters. The van der Waals surface area contributed by atoms with Crippen molar-refractivity contribution in [3.63, 3.8) is 0 Å². The second-order valence-electron chi connectivity index (χ2n) is 16.9. The molecular formula is C46H91NO7P+. The van der Waals surface area contributed by atoms with Gasteiger partial charge in [-0.1, -0.05) is 174 Å². The SMILES string of the molecule is CCCCCCCCCCC/C=C/CCCCC(=O)O[C@H](CO/C=C/CCCCCCCCCCCCCCCCCC)COP(=O)(O)OCC[N+](C)(C)C. The first-order chi connectivity index (χ1) is 26.6. The number of ether oxygens (including phenoxy) is 2. The zero-order chi connectivity index (χ0) is 40.6. The smallest absolute Gasteiger partial charge is 0.472 e. The lowest BCUT2D eigenvalue weighted by Crippen LogP contribution is -2.37. The monoisotopic (exact) mass is 801 g/mol. The summed E-state index contributed by atoms with van der Waals surface area (Å²) in [6.45, 7) is 4.93. The third-order valence-corrected chi connectivity index (χ3v) is 11.1. The number of rotatable bonds is 43. The number of phosphoric acid groups is 1. The highest BCUT2D eigenvalue weighted by atomic mass is 31.2. The van der Waals surface area contributed by atoms with Gasteiger partial charge < -0.3 is 18.9 Å². The molecule has 0 aromatic heterocycles. The van der Waals surface area contributed by atoms with Crippen molar-refractivity contribution >= 4 is 13.8 Å². The number of quaternary nitrogens is 1. The number of phosphoric ester groups is 1. The van der Waals surface area contributed by atoms with E-state index in [0.29, 0.717) is 11.0 Å². The molecular weight excluding hydrogens is 709 g/mol. The minimum atomic E-state index is -4.29. The molecule has 0 radical (unpaired) electrons. The number of carbonyl (C=O) groups is 1. The molecule has 0 amide bonds. The van der Waals surface area contributed by atoms with Crippen LogP contribution < -0.4 is 0 Å². The average Bonchev–Trinajstić information content (AvgIpc) is 3.13. The Labute approximate surface area is 341 Å². The van der Waals surface area contributed by atoms with Crippen LogP contribution in [0.15, 0.2) is 24.5 Å². The van der Waals surface area contributed by atoms with E-state index in [2.05, 4.69) is 26.0 Å². The zero-order valence-electron chi connectivity index (χ0n) is 36.9. The predicted octanol–water partition coefficient (Wildman–Crippen LogP) is 14.0. The molecule has 0 spiro atoms. The summed E-state index contributed by atoms with van der Waals surface area (Å²) in [5.74, 6) is -0.355. The maximum atomic E-state index is 12.7. The summed E-state index contributed by atoms with van der Waals surface area (Å²) < 4.78 is 34.8. The van der Waals surface area contributed by atoms with E-state index >= 15 is 0 Å². The van der Waals surface area contributed by atoms with Gasteiger partial charge in [0.1, 0.15) is 19.8 Å². The van der Waals surface area contributed by atoms with Gasteiger partial charge in [-0.3, -0.25) is 13.8 Å². The number of carbonyl (C=O) groups excluding carboxylic acids is 1. The number of hydrogen-bond donors (Lipinski definition) is 1. The molecule has 0 saturated heterocycles. The Kier molecular flexibility index (Phi) is 38.8. The lowest BCUT2D eigenvalue weighted by atomic mass is 10.0. The lowest BCUT2D eigenvalue weighted by molar-refractivity contribution is -0.870.